The number of unbranched alkanes of at least 4 members (excludes halogenated alkanes) is 1. The zero-order valence-corrected chi connectivity index (χ0v) is 15.9. The van der Waals surface area contributed by atoms with Gasteiger partial charge in [-0.1, -0.05) is 42.3 Å². The fourth-order valence-corrected chi connectivity index (χ4v) is 3.95. The van der Waals surface area contributed by atoms with Crippen LogP contribution in [0, 0.1) is 0 Å². The number of hydrogen-bond donors (Lipinski definition) is 0. The number of benzene rings is 1. The summed E-state index contributed by atoms with van der Waals surface area (Å²) < 4.78 is 8.34. The van der Waals surface area contributed by atoms with Crippen LogP contribution in [-0.2, 0) is 13.6 Å². The lowest BCUT2D eigenvalue weighted by atomic mass is 10.2. The van der Waals surface area contributed by atoms with Crippen LogP contribution < -0.4 is 16.0 Å². The number of ether oxygens (including phenoxy) is 1. The molecule has 0 saturated heterocycles. The highest BCUT2D eigenvalue weighted by atomic mass is 35.5. The van der Waals surface area contributed by atoms with Gasteiger partial charge >= 0.3 is 5.69 Å². The zero-order valence-electron chi connectivity index (χ0n) is 14.3. The number of thiophene rings is 1. The molecule has 0 spiro atoms. The zero-order chi connectivity index (χ0) is 18.8. The van der Waals surface area contributed by atoms with E-state index in [1.54, 1.807) is 31.3 Å². The van der Waals surface area contributed by atoms with Gasteiger partial charge in [0.2, 0.25) is 0 Å². The Kier molecular flexibility index (Phi) is 5.29. The summed E-state index contributed by atoms with van der Waals surface area (Å²) in [5.74, 6) is 0.448. The fraction of sp³-hybridized carbons (Fsp3) is 0.278. The van der Waals surface area contributed by atoms with Crippen molar-refractivity contribution in [1.29, 1.82) is 0 Å². The molecular weight excluding hydrogens is 376 g/mol. The lowest BCUT2D eigenvalue weighted by Gasteiger charge is -2.07. The standard InChI is InChI=1S/C18H17ClN2O4S/c1-3-4-8-21-15(23)14-13(10-22)17(26-16(14)20(2)18(21)24)25-12-7-5-6-11(19)9-12/h5-7,9-10H,3-4,8H2,1-2H3. The molecule has 0 aliphatic carbocycles. The molecule has 3 aromatic rings. The summed E-state index contributed by atoms with van der Waals surface area (Å²) in [6.45, 7) is 2.29. The third kappa shape index (κ3) is 3.20. The van der Waals surface area contributed by atoms with Crippen LogP contribution in [0.25, 0.3) is 10.2 Å². The van der Waals surface area contributed by atoms with Gasteiger partial charge in [0.05, 0.1) is 10.9 Å². The first-order chi connectivity index (χ1) is 12.5. The molecule has 0 amide bonds. The number of fused-ring (bicyclic) bond motifs is 1. The summed E-state index contributed by atoms with van der Waals surface area (Å²) in [6, 6.07) is 6.73. The van der Waals surface area contributed by atoms with Crippen LogP contribution in [0.15, 0.2) is 33.9 Å². The first kappa shape index (κ1) is 18.4. The fourth-order valence-electron chi connectivity index (χ4n) is 2.68. The van der Waals surface area contributed by atoms with Crippen LogP contribution >= 0.6 is 22.9 Å². The molecule has 0 aliphatic heterocycles. The summed E-state index contributed by atoms with van der Waals surface area (Å²) in [5.41, 5.74) is -0.712. The van der Waals surface area contributed by atoms with Crippen LogP contribution in [0.4, 0.5) is 0 Å². The summed E-state index contributed by atoms with van der Waals surface area (Å²) in [7, 11) is 1.58. The summed E-state index contributed by atoms with van der Waals surface area (Å²) >= 11 is 7.05. The Balaban J connectivity index is 2.22. The number of nitrogens with zero attached hydrogens (tertiary/aromatic N) is 2. The molecule has 0 atom stereocenters. The van der Waals surface area contributed by atoms with Crippen molar-refractivity contribution in [3.63, 3.8) is 0 Å². The van der Waals surface area contributed by atoms with E-state index in [1.807, 2.05) is 6.92 Å². The van der Waals surface area contributed by atoms with Crippen molar-refractivity contribution in [3.05, 3.63) is 55.7 Å². The quantitative estimate of drug-likeness (QED) is 0.598. The Morgan fingerprint density at radius 1 is 1.31 bits per heavy atom. The monoisotopic (exact) mass is 392 g/mol. The minimum Gasteiger partial charge on any atom is -0.446 e. The molecule has 1 aromatic carbocycles. The lowest BCUT2D eigenvalue weighted by Crippen LogP contribution is -2.38. The third-order valence-corrected chi connectivity index (χ3v) is 5.43. The van der Waals surface area contributed by atoms with Crippen molar-refractivity contribution in [2.75, 3.05) is 0 Å². The minimum absolute atomic E-state index is 0.149. The Bertz CT molecular complexity index is 1100. The number of aldehydes is 1. The van der Waals surface area contributed by atoms with E-state index in [9.17, 15) is 14.4 Å². The lowest BCUT2D eigenvalue weighted by molar-refractivity contribution is 0.112. The largest absolute Gasteiger partial charge is 0.446 e. The molecule has 0 N–H and O–H groups in total. The highest BCUT2D eigenvalue weighted by molar-refractivity contribution is 7.20. The van der Waals surface area contributed by atoms with Crippen molar-refractivity contribution in [2.45, 2.75) is 26.3 Å². The average Bonchev–Trinajstić information content (AvgIpc) is 2.98. The second-order valence-electron chi connectivity index (χ2n) is 5.81. The maximum Gasteiger partial charge on any atom is 0.331 e. The third-order valence-electron chi connectivity index (χ3n) is 4.03. The van der Waals surface area contributed by atoms with Crippen molar-refractivity contribution < 1.29 is 9.53 Å². The Labute approximate surface area is 158 Å². The number of carbonyl (C=O) groups is 1. The van der Waals surface area contributed by atoms with Crippen LogP contribution in [-0.4, -0.2) is 15.4 Å². The van der Waals surface area contributed by atoms with Crippen LogP contribution in [0.2, 0.25) is 5.02 Å². The van der Waals surface area contributed by atoms with Gasteiger partial charge in [0, 0.05) is 18.6 Å². The van der Waals surface area contributed by atoms with Crippen LogP contribution in [0.1, 0.15) is 30.1 Å². The molecule has 0 radical (unpaired) electrons. The van der Waals surface area contributed by atoms with Gasteiger partial charge in [0.15, 0.2) is 11.3 Å². The van der Waals surface area contributed by atoms with Gasteiger partial charge in [0.1, 0.15) is 10.6 Å². The SMILES string of the molecule is CCCCn1c(=O)c2c(C=O)c(Oc3cccc(Cl)c3)sc2n(C)c1=O. The minimum atomic E-state index is -0.462. The van der Waals surface area contributed by atoms with Gasteiger partial charge in [-0.2, -0.15) is 0 Å². The number of aryl methyl sites for hydroxylation is 1. The van der Waals surface area contributed by atoms with Gasteiger partial charge in [-0.15, -0.1) is 0 Å². The van der Waals surface area contributed by atoms with E-state index in [4.69, 9.17) is 16.3 Å². The number of rotatable bonds is 6. The molecule has 6 nitrogen and oxygen atoms in total. The van der Waals surface area contributed by atoms with E-state index < -0.39 is 11.2 Å². The van der Waals surface area contributed by atoms with Crippen LogP contribution in [0.3, 0.4) is 0 Å². The van der Waals surface area contributed by atoms with Crippen molar-refractivity contribution in [2.24, 2.45) is 7.05 Å². The topological polar surface area (TPSA) is 70.3 Å². The van der Waals surface area contributed by atoms with Gasteiger partial charge in [-0.05, 0) is 24.6 Å². The van der Waals surface area contributed by atoms with Gasteiger partial charge < -0.3 is 4.74 Å². The molecule has 0 bridgehead atoms. The average molecular weight is 393 g/mol. The number of aromatic nitrogens is 2. The first-order valence-electron chi connectivity index (χ1n) is 8.12. The Morgan fingerprint density at radius 3 is 2.73 bits per heavy atom. The smallest absolute Gasteiger partial charge is 0.331 e. The summed E-state index contributed by atoms with van der Waals surface area (Å²) in [6.07, 6.45) is 2.14. The molecule has 0 unspecified atom stereocenters. The maximum absolute atomic E-state index is 12.8. The van der Waals surface area contributed by atoms with Crippen molar-refractivity contribution in [3.8, 4) is 10.8 Å². The maximum atomic E-state index is 12.8. The molecule has 3 rings (SSSR count). The number of halogens is 1. The summed E-state index contributed by atoms with van der Waals surface area (Å²) in [4.78, 5) is 37.4. The second kappa shape index (κ2) is 7.47. The first-order valence-corrected chi connectivity index (χ1v) is 9.32. The molecule has 136 valence electrons. The molecule has 0 aliphatic rings. The number of hydrogen-bond acceptors (Lipinski definition) is 5. The normalized spacial score (nSPS) is 11.0. The van der Waals surface area contributed by atoms with Crippen molar-refractivity contribution >= 4 is 39.4 Å². The molecular formula is C18H17ClN2O4S. The van der Waals surface area contributed by atoms with E-state index in [1.165, 1.54) is 9.13 Å². The van der Waals surface area contributed by atoms with E-state index >= 15 is 0 Å². The second-order valence-corrected chi connectivity index (χ2v) is 7.21. The summed E-state index contributed by atoms with van der Waals surface area (Å²) in [5, 5.41) is 0.962. The predicted octanol–water partition coefficient (Wildman–Crippen LogP) is 3.82. The van der Waals surface area contributed by atoms with Gasteiger partial charge in [-0.3, -0.25) is 18.7 Å². The van der Waals surface area contributed by atoms with Crippen molar-refractivity contribution in [1.82, 2.24) is 9.13 Å². The van der Waals surface area contributed by atoms with E-state index in [-0.39, 0.29) is 16.0 Å². The van der Waals surface area contributed by atoms with E-state index in [0.29, 0.717) is 34.9 Å². The Hall–Kier alpha value is -2.38. The van der Waals surface area contributed by atoms with Gasteiger partial charge in [-0.25, -0.2) is 4.79 Å². The highest BCUT2D eigenvalue weighted by Gasteiger charge is 2.22. The molecule has 2 heterocycles. The number of carbonyl (C=O) groups excluding carboxylic acids is 1. The van der Waals surface area contributed by atoms with Gasteiger partial charge in [0.25, 0.3) is 5.56 Å². The predicted molar refractivity (Wildman–Crippen MR) is 103 cm³/mol. The highest BCUT2D eigenvalue weighted by Crippen LogP contribution is 2.37. The molecule has 0 saturated carbocycles. The van der Waals surface area contributed by atoms with Crippen LogP contribution in [0.5, 0.6) is 10.8 Å². The molecule has 2 aromatic heterocycles. The molecule has 8 heteroatoms. The molecule has 0 fully saturated rings. The Morgan fingerprint density at radius 2 is 2.08 bits per heavy atom. The van der Waals surface area contributed by atoms with E-state index in [2.05, 4.69) is 0 Å². The molecule has 26 heavy (non-hydrogen) atoms. The van der Waals surface area contributed by atoms with E-state index in [0.717, 1.165) is 17.8 Å².